The van der Waals surface area contributed by atoms with Crippen LogP contribution >= 0.6 is 11.3 Å². The van der Waals surface area contributed by atoms with Crippen molar-refractivity contribution in [2.45, 2.75) is 50.7 Å². The number of ether oxygens (including phenoxy) is 2. The zero-order chi connectivity index (χ0) is 22.5. The number of carbonyl (C=O) groups is 2. The summed E-state index contributed by atoms with van der Waals surface area (Å²) in [6.45, 7) is 2.24. The minimum absolute atomic E-state index is 0.128. The molecule has 1 aliphatic carbocycles. The van der Waals surface area contributed by atoms with Crippen molar-refractivity contribution in [1.29, 1.82) is 0 Å². The highest BCUT2D eigenvalue weighted by Gasteiger charge is 2.49. The lowest BCUT2D eigenvalue weighted by Crippen LogP contribution is -2.65. The zero-order valence-electron chi connectivity index (χ0n) is 18.5. The zero-order valence-corrected chi connectivity index (χ0v) is 19.3. The molecule has 1 N–H and O–H groups in total. The molecule has 0 spiro atoms. The monoisotopic (exact) mass is 453 g/mol. The molecular formula is C24H27N3O4S. The number of fused-ring (bicyclic) bond motifs is 3. The molecule has 7 nitrogen and oxygen atoms in total. The van der Waals surface area contributed by atoms with Gasteiger partial charge in [0.15, 0.2) is 11.5 Å². The lowest BCUT2D eigenvalue weighted by atomic mass is 9.93. The van der Waals surface area contributed by atoms with E-state index in [0.29, 0.717) is 29.4 Å². The predicted molar refractivity (Wildman–Crippen MR) is 125 cm³/mol. The van der Waals surface area contributed by atoms with Gasteiger partial charge in [0.1, 0.15) is 16.1 Å². The number of thiophene rings is 1. The van der Waals surface area contributed by atoms with E-state index in [-0.39, 0.29) is 17.9 Å². The molecule has 168 valence electrons. The van der Waals surface area contributed by atoms with Crippen molar-refractivity contribution < 1.29 is 19.1 Å². The molecule has 0 saturated heterocycles. The molecule has 1 saturated carbocycles. The smallest absolute Gasteiger partial charge is 0.275 e. The van der Waals surface area contributed by atoms with E-state index < -0.39 is 5.54 Å². The molecule has 0 bridgehead atoms. The van der Waals surface area contributed by atoms with Gasteiger partial charge in [0.05, 0.1) is 20.8 Å². The number of amides is 2. The van der Waals surface area contributed by atoms with Gasteiger partial charge in [-0.05, 0) is 49.4 Å². The van der Waals surface area contributed by atoms with E-state index in [0.717, 1.165) is 35.9 Å². The van der Waals surface area contributed by atoms with Crippen LogP contribution in [0.3, 0.4) is 0 Å². The van der Waals surface area contributed by atoms with Gasteiger partial charge in [-0.2, -0.15) is 0 Å². The van der Waals surface area contributed by atoms with Gasteiger partial charge in [0.2, 0.25) is 5.91 Å². The second-order valence-corrected chi connectivity index (χ2v) is 9.60. The Balaban J connectivity index is 1.63. The minimum Gasteiger partial charge on any atom is -0.493 e. The van der Waals surface area contributed by atoms with Crippen molar-refractivity contribution in [2.75, 3.05) is 19.1 Å². The summed E-state index contributed by atoms with van der Waals surface area (Å²) in [5.41, 5.74) is 0.0997. The lowest BCUT2D eigenvalue weighted by Gasteiger charge is -2.44. The Hall–Kier alpha value is -3.00. The number of aromatic nitrogens is 1. The van der Waals surface area contributed by atoms with Gasteiger partial charge in [-0.1, -0.05) is 12.8 Å². The van der Waals surface area contributed by atoms with Crippen LogP contribution in [0.1, 0.15) is 43.1 Å². The maximum Gasteiger partial charge on any atom is 0.275 e. The average Bonchev–Trinajstić information content (AvgIpc) is 3.52. The maximum absolute atomic E-state index is 13.9. The van der Waals surface area contributed by atoms with Crippen LogP contribution in [-0.4, -0.2) is 42.2 Å². The van der Waals surface area contributed by atoms with Crippen LogP contribution in [0.15, 0.2) is 35.7 Å². The topological polar surface area (TPSA) is 72.8 Å². The van der Waals surface area contributed by atoms with Crippen LogP contribution in [0.5, 0.6) is 11.5 Å². The second-order valence-electron chi connectivity index (χ2n) is 8.71. The maximum atomic E-state index is 13.9. The van der Waals surface area contributed by atoms with Crippen LogP contribution in [0.2, 0.25) is 0 Å². The number of carbonyl (C=O) groups excluding carboxylic acids is 2. The highest BCUT2D eigenvalue weighted by atomic mass is 32.1. The molecule has 0 unspecified atom stereocenters. The third-order valence-electron chi connectivity index (χ3n) is 6.69. The van der Waals surface area contributed by atoms with Crippen molar-refractivity contribution in [2.24, 2.45) is 0 Å². The van der Waals surface area contributed by atoms with Crippen molar-refractivity contribution in [3.8, 4) is 11.5 Å². The number of nitrogens with one attached hydrogen (secondary N) is 1. The van der Waals surface area contributed by atoms with E-state index in [2.05, 4.69) is 5.32 Å². The Morgan fingerprint density at radius 1 is 1.12 bits per heavy atom. The molecule has 2 aromatic heterocycles. The summed E-state index contributed by atoms with van der Waals surface area (Å²) in [6, 6.07) is 9.42. The number of hydrogen-bond acceptors (Lipinski definition) is 5. The van der Waals surface area contributed by atoms with Crippen LogP contribution in [0.4, 0.5) is 5.69 Å². The first kappa shape index (κ1) is 20.9. The number of anilines is 1. The third kappa shape index (κ3) is 3.16. The summed E-state index contributed by atoms with van der Waals surface area (Å²) in [5.74, 6) is 0.757. The molecule has 3 aromatic rings. The second kappa shape index (κ2) is 7.85. The van der Waals surface area contributed by atoms with E-state index >= 15 is 0 Å². The first-order valence-corrected chi connectivity index (χ1v) is 11.8. The van der Waals surface area contributed by atoms with E-state index in [1.54, 1.807) is 48.7 Å². The molecule has 2 aliphatic rings. The third-order valence-corrected chi connectivity index (χ3v) is 7.64. The van der Waals surface area contributed by atoms with Crippen LogP contribution < -0.4 is 19.7 Å². The molecular weight excluding hydrogens is 426 g/mol. The number of methoxy groups -OCH3 is 2. The van der Waals surface area contributed by atoms with Gasteiger partial charge in [-0.3, -0.25) is 14.5 Å². The van der Waals surface area contributed by atoms with Crippen LogP contribution in [-0.2, 0) is 11.3 Å². The fraction of sp³-hybridized carbons (Fsp3) is 0.417. The fourth-order valence-electron chi connectivity index (χ4n) is 4.98. The Labute approximate surface area is 190 Å². The number of benzene rings is 1. The van der Waals surface area contributed by atoms with Crippen LogP contribution in [0.25, 0.3) is 10.2 Å². The summed E-state index contributed by atoms with van der Waals surface area (Å²) >= 11 is 1.59. The SMILES string of the molecule is COc1ccc(N2C(=O)c3cc4ccsc4n3C[C@@]2(C)C(=O)NC2CCCC2)cc1OC. The lowest BCUT2D eigenvalue weighted by molar-refractivity contribution is -0.127. The Kier molecular flexibility index (Phi) is 5.12. The summed E-state index contributed by atoms with van der Waals surface area (Å²) in [5, 5.41) is 6.26. The Morgan fingerprint density at radius 2 is 1.88 bits per heavy atom. The van der Waals surface area contributed by atoms with E-state index in [1.807, 2.05) is 29.0 Å². The Morgan fingerprint density at radius 3 is 2.59 bits per heavy atom. The average molecular weight is 454 g/mol. The summed E-state index contributed by atoms with van der Waals surface area (Å²) in [7, 11) is 3.13. The molecule has 5 rings (SSSR count). The van der Waals surface area contributed by atoms with E-state index in [1.165, 1.54) is 0 Å². The molecule has 1 aliphatic heterocycles. The Bertz CT molecular complexity index is 1190. The largest absolute Gasteiger partial charge is 0.493 e. The first-order chi connectivity index (χ1) is 15.5. The number of nitrogens with zero attached hydrogens (tertiary/aromatic N) is 2. The van der Waals surface area contributed by atoms with Crippen molar-refractivity contribution in [3.05, 3.63) is 41.4 Å². The van der Waals surface area contributed by atoms with Crippen LogP contribution in [0, 0.1) is 0 Å². The van der Waals surface area contributed by atoms with Gasteiger partial charge < -0.3 is 19.4 Å². The van der Waals surface area contributed by atoms with E-state index in [9.17, 15) is 9.59 Å². The highest BCUT2D eigenvalue weighted by Crippen LogP contribution is 2.40. The quantitative estimate of drug-likeness (QED) is 0.629. The first-order valence-electron chi connectivity index (χ1n) is 10.9. The van der Waals surface area contributed by atoms with Gasteiger partial charge >= 0.3 is 0 Å². The van der Waals surface area contributed by atoms with Crippen molar-refractivity contribution >= 4 is 39.1 Å². The predicted octanol–water partition coefficient (Wildman–Crippen LogP) is 4.20. The summed E-state index contributed by atoms with van der Waals surface area (Å²) in [4.78, 5) is 30.2. The highest BCUT2D eigenvalue weighted by molar-refractivity contribution is 7.16. The van der Waals surface area contributed by atoms with Gasteiger partial charge in [0, 0.05) is 23.2 Å². The molecule has 8 heteroatoms. The molecule has 3 heterocycles. The summed E-state index contributed by atoms with van der Waals surface area (Å²) < 4.78 is 12.8. The molecule has 1 fully saturated rings. The molecule has 32 heavy (non-hydrogen) atoms. The van der Waals surface area contributed by atoms with Crippen molar-refractivity contribution in [1.82, 2.24) is 9.88 Å². The molecule has 1 atom stereocenters. The molecule has 0 radical (unpaired) electrons. The minimum atomic E-state index is -1.10. The number of hydrogen-bond donors (Lipinski definition) is 1. The standard InChI is InChI=1S/C24H27N3O4S/c1-24(23(29)25-16-6-4-5-7-16)14-26-18(12-15-10-11-32-22(15)26)21(28)27(24)17-8-9-19(30-2)20(13-17)31-3/h8-13,16H,4-7,14H2,1-3H3,(H,25,29)/t24-/m0/s1. The summed E-state index contributed by atoms with van der Waals surface area (Å²) in [6.07, 6.45) is 4.21. The molecule has 1 aromatic carbocycles. The number of rotatable bonds is 5. The van der Waals surface area contributed by atoms with Gasteiger partial charge in [-0.25, -0.2) is 0 Å². The fourth-order valence-corrected chi connectivity index (χ4v) is 5.87. The molecule has 2 amide bonds. The van der Waals surface area contributed by atoms with E-state index in [4.69, 9.17) is 9.47 Å². The normalized spacial score (nSPS) is 21.1. The van der Waals surface area contributed by atoms with Gasteiger partial charge in [0.25, 0.3) is 5.91 Å². The van der Waals surface area contributed by atoms with Gasteiger partial charge in [-0.15, -0.1) is 11.3 Å². The van der Waals surface area contributed by atoms with Crippen molar-refractivity contribution in [3.63, 3.8) is 0 Å².